The molecule has 0 saturated carbocycles. The predicted molar refractivity (Wildman–Crippen MR) is 82.6 cm³/mol. The van der Waals surface area contributed by atoms with Crippen molar-refractivity contribution in [2.24, 2.45) is 0 Å². The molecule has 2 N–H and O–H groups in total. The Labute approximate surface area is 123 Å². The van der Waals surface area contributed by atoms with Gasteiger partial charge in [0.2, 0.25) is 0 Å². The maximum Gasteiger partial charge on any atom is 0.255 e. The molecule has 1 aromatic heterocycles. The van der Waals surface area contributed by atoms with E-state index in [1.807, 2.05) is 30.1 Å². The van der Waals surface area contributed by atoms with E-state index >= 15 is 0 Å². The van der Waals surface area contributed by atoms with E-state index in [1.54, 1.807) is 6.07 Å². The first kappa shape index (κ1) is 13.8. The number of carbonyl (C=O) groups excluding carboxylic acids is 1. The third kappa shape index (κ3) is 2.56. The van der Waals surface area contributed by atoms with Crippen molar-refractivity contribution in [1.82, 2.24) is 15.2 Å². The van der Waals surface area contributed by atoms with Gasteiger partial charge in [-0.15, -0.1) is 0 Å². The lowest BCUT2D eigenvalue weighted by Gasteiger charge is -2.32. The highest BCUT2D eigenvalue weighted by Crippen LogP contribution is 2.19. The Kier molecular flexibility index (Phi) is 3.75. The molecule has 1 aliphatic rings. The number of nitrogens with one attached hydrogen (secondary N) is 2. The monoisotopic (exact) mass is 285 g/mol. The van der Waals surface area contributed by atoms with Crippen LogP contribution in [0.4, 0.5) is 0 Å². The van der Waals surface area contributed by atoms with E-state index in [-0.39, 0.29) is 11.5 Å². The molecule has 21 heavy (non-hydrogen) atoms. The smallest absolute Gasteiger partial charge is 0.255 e. The fourth-order valence-electron chi connectivity index (χ4n) is 2.93. The number of piperidine rings is 1. The van der Waals surface area contributed by atoms with E-state index in [4.69, 9.17) is 0 Å². The van der Waals surface area contributed by atoms with Gasteiger partial charge >= 0.3 is 0 Å². The fraction of sp³-hybridized carbons (Fsp3) is 0.375. The van der Waals surface area contributed by atoms with Gasteiger partial charge in [-0.2, -0.15) is 0 Å². The predicted octanol–water partition coefficient (Wildman–Crippen LogP) is 1.35. The zero-order valence-corrected chi connectivity index (χ0v) is 12.1. The standard InChI is InChI=1S/C16H19N3O2/c1-17-11-6-8-19(9-7-11)16(21)14-10-18-15(20)13-5-3-2-4-12(13)14/h2-5,10-11,17H,6-9H2,1H3,(H,18,20). The molecule has 1 fully saturated rings. The number of H-pyrrole nitrogens is 1. The summed E-state index contributed by atoms with van der Waals surface area (Å²) in [5, 5.41) is 4.54. The van der Waals surface area contributed by atoms with Crippen LogP contribution < -0.4 is 10.9 Å². The van der Waals surface area contributed by atoms with Crippen LogP contribution in [0.3, 0.4) is 0 Å². The fourth-order valence-corrected chi connectivity index (χ4v) is 2.93. The molecule has 3 rings (SSSR count). The number of hydrogen-bond acceptors (Lipinski definition) is 3. The number of nitrogens with zero attached hydrogens (tertiary/aromatic N) is 1. The zero-order chi connectivity index (χ0) is 14.8. The van der Waals surface area contributed by atoms with E-state index < -0.39 is 0 Å². The van der Waals surface area contributed by atoms with Crippen LogP contribution in [0.5, 0.6) is 0 Å². The summed E-state index contributed by atoms with van der Waals surface area (Å²) in [6.45, 7) is 1.50. The number of fused-ring (bicyclic) bond motifs is 1. The van der Waals surface area contributed by atoms with Crippen LogP contribution in [0.1, 0.15) is 23.2 Å². The molecule has 1 aliphatic heterocycles. The third-order valence-corrected chi connectivity index (χ3v) is 4.23. The Balaban J connectivity index is 1.92. The van der Waals surface area contributed by atoms with Gasteiger partial charge in [0.1, 0.15) is 0 Å². The molecule has 110 valence electrons. The van der Waals surface area contributed by atoms with Crippen molar-refractivity contribution in [2.45, 2.75) is 18.9 Å². The topological polar surface area (TPSA) is 65.2 Å². The Bertz CT molecular complexity index is 715. The van der Waals surface area contributed by atoms with Crippen molar-refractivity contribution < 1.29 is 4.79 Å². The molecule has 0 unspecified atom stereocenters. The molecule has 2 heterocycles. The molecule has 0 bridgehead atoms. The maximum absolute atomic E-state index is 12.7. The number of rotatable bonds is 2. The van der Waals surface area contributed by atoms with E-state index in [1.165, 1.54) is 6.20 Å². The van der Waals surface area contributed by atoms with Crippen molar-refractivity contribution >= 4 is 16.7 Å². The Morgan fingerprint density at radius 1 is 1.24 bits per heavy atom. The zero-order valence-electron chi connectivity index (χ0n) is 12.1. The number of aromatic nitrogens is 1. The average Bonchev–Trinajstić information content (AvgIpc) is 2.55. The van der Waals surface area contributed by atoms with Crippen molar-refractivity contribution in [3.63, 3.8) is 0 Å². The summed E-state index contributed by atoms with van der Waals surface area (Å²) in [6.07, 6.45) is 3.46. The Morgan fingerprint density at radius 3 is 2.57 bits per heavy atom. The summed E-state index contributed by atoms with van der Waals surface area (Å²) in [6, 6.07) is 7.73. The van der Waals surface area contributed by atoms with Crippen LogP contribution in [0.15, 0.2) is 35.3 Å². The van der Waals surface area contributed by atoms with Gasteiger partial charge in [-0.3, -0.25) is 9.59 Å². The Hall–Kier alpha value is -2.14. The van der Waals surface area contributed by atoms with E-state index in [0.29, 0.717) is 17.0 Å². The summed E-state index contributed by atoms with van der Waals surface area (Å²) in [4.78, 5) is 29.1. The number of likely N-dealkylation sites (tertiary alicyclic amines) is 1. The number of aromatic amines is 1. The quantitative estimate of drug-likeness (QED) is 0.875. The molecule has 5 nitrogen and oxygen atoms in total. The second kappa shape index (κ2) is 5.69. The van der Waals surface area contributed by atoms with Crippen molar-refractivity contribution in [3.8, 4) is 0 Å². The largest absolute Gasteiger partial charge is 0.338 e. The first-order chi connectivity index (χ1) is 10.2. The molecule has 0 atom stereocenters. The van der Waals surface area contributed by atoms with Gasteiger partial charge in [0.05, 0.1) is 5.56 Å². The first-order valence-corrected chi connectivity index (χ1v) is 7.27. The van der Waals surface area contributed by atoms with Crippen LogP contribution >= 0.6 is 0 Å². The molecule has 0 aliphatic carbocycles. The van der Waals surface area contributed by atoms with E-state index in [0.717, 1.165) is 31.3 Å². The second-order valence-corrected chi connectivity index (χ2v) is 5.43. The number of benzene rings is 1. The van der Waals surface area contributed by atoms with Gasteiger partial charge in [-0.05, 0) is 26.0 Å². The van der Waals surface area contributed by atoms with Crippen LogP contribution in [-0.2, 0) is 0 Å². The lowest BCUT2D eigenvalue weighted by molar-refractivity contribution is 0.0709. The lowest BCUT2D eigenvalue weighted by Crippen LogP contribution is -2.44. The molecule has 1 saturated heterocycles. The van der Waals surface area contributed by atoms with Crippen LogP contribution in [0.2, 0.25) is 0 Å². The second-order valence-electron chi connectivity index (χ2n) is 5.43. The highest BCUT2D eigenvalue weighted by atomic mass is 16.2. The minimum Gasteiger partial charge on any atom is -0.338 e. The van der Waals surface area contributed by atoms with Gasteiger partial charge in [0, 0.05) is 36.1 Å². The van der Waals surface area contributed by atoms with Crippen LogP contribution in [0, 0.1) is 0 Å². The molecular weight excluding hydrogens is 266 g/mol. The third-order valence-electron chi connectivity index (χ3n) is 4.23. The molecule has 1 amide bonds. The van der Waals surface area contributed by atoms with E-state index in [9.17, 15) is 9.59 Å². The normalized spacial score (nSPS) is 16.3. The van der Waals surface area contributed by atoms with Crippen molar-refractivity contribution in [3.05, 3.63) is 46.4 Å². The molecule has 0 radical (unpaired) electrons. The van der Waals surface area contributed by atoms with Gasteiger partial charge in [0.15, 0.2) is 0 Å². The first-order valence-electron chi connectivity index (χ1n) is 7.27. The van der Waals surface area contributed by atoms with Gasteiger partial charge in [-0.25, -0.2) is 0 Å². The van der Waals surface area contributed by atoms with Gasteiger partial charge in [0.25, 0.3) is 11.5 Å². The Morgan fingerprint density at radius 2 is 1.90 bits per heavy atom. The number of pyridine rings is 1. The number of amides is 1. The summed E-state index contributed by atoms with van der Waals surface area (Å²) < 4.78 is 0. The summed E-state index contributed by atoms with van der Waals surface area (Å²) in [5.41, 5.74) is 0.421. The highest BCUT2D eigenvalue weighted by Gasteiger charge is 2.24. The van der Waals surface area contributed by atoms with Gasteiger partial charge in [-0.1, -0.05) is 18.2 Å². The summed E-state index contributed by atoms with van der Waals surface area (Å²) >= 11 is 0. The van der Waals surface area contributed by atoms with Crippen molar-refractivity contribution in [2.75, 3.05) is 20.1 Å². The molecule has 2 aromatic rings. The summed E-state index contributed by atoms with van der Waals surface area (Å²) in [5.74, 6) is -0.00277. The molecule has 1 aromatic carbocycles. The highest BCUT2D eigenvalue weighted by molar-refractivity contribution is 6.06. The molecular formula is C16H19N3O2. The average molecular weight is 285 g/mol. The van der Waals surface area contributed by atoms with Crippen LogP contribution in [0.25, 0.3) is 10.8 Å². The van der Waals surface area contributed by atoms with Crippen molar-refractivity contribution in [1.29, 1.82) is 0 Å². The van der Waals surface area contributed by atoms with Crippen LogP contribution in [-0.4, -0.2) is 42.0 Å². The maximum atomic E-state index is 12.7. The number of carbonyl (C=O) groups is 1. The molecule has 0 spiro atoms. The molecule has 5 heteroatoms. The van der Waals surface area contributed by atoms with E-state index in [2.05, 4.69) is 10.3 Å². The minimum atomic E-state index is -0.156. The lowest BCUT2D eigenvalue weighted by atomic mass is 10.0. The number of hydrogen-bond donors (Lipinski definition) is 2. The SMILES string of the molecule is CNC1CCN(C(=O)c2c[nH]c(=O)c3ccccc23)CC1. The summed E-state index contributed by atoms with van der Waals surface area (Å²) in [7, 11) is 1.96. The minimum absolute atomic E-state index is 0.00277. The van der Waals surface area contributed by atoms with Gasteiger partial charge < -0.3 is 15.2 Å².